The molecule has 0 saturated carbocycles. The Bertz CT molecular complexity index is 498. The molecule has 0 saturated heterocycles. The molecule has 2 nitrogen and oxygen atoms in total. The van der Waals surface area contributed by atoms with Gasteiger partial charge in [-0.1, -0.05) is 43.2 Å². The Balaban J connectivity index is 2.33. The molecule has 2 rings (SSSR count). The lowest BCUT2D eigenvalue weighted by Crippen LogP contribution is -2.12. The summed E-state index contributed by atoms with van der Waals surface area (Å²) in [5.41, 5.74) is 1.09. The molecule has 2 aromatic rings. The van der Waals surface area contributed by atoms with Crippen LogP contribution in [0, 0.1) is 0 Å². The van der Waals surface area contributed by atoms with E-state index in [-0.39, 0.29) is 4.87 Å². The number of para-hydroxylation sites is 1. The third kappa shape index (κ3) is 2.12. The lowest BCUT2D eigenvalue weighted by molar-refractivity contribution is 0.609. The Labute approximate surface area is 93.2 Å². The molecule has 0 fully saturated rings. The van der Waals surface area contributed by atoms with Gasteiger partial charge in [-0.2, -0.15) is 0 Å². The third-order valence-electron chi connectivity index (χ3n) is 2.56. The maximum atomic E-state index is 11.7. The molecule has 0 amide bonds. The van der Waals surface area contributed by atoms with Crippen LogP contribution in [0.25, 0.3) is 10.2 Å². The molecular weight excluding hydrogens is 206 g/mol. The number of thiazole rings is 1. The van der Waals surface area contributed by atoms with Gasteiger partial charge in [0.05, 0.1) is 10.2 Å². The van der Waals surface area contributed by atoms with Crippen LogP contribution in [0.15, 0.2) is 29.1 Å². The van der Waals surface area contributed by atoms with Gasteiger partial charge in [-0.05, 0) is 18.6 Å². The summed E-state index contributed by atoms with van der Waals surface area (Å²) < 4.78 is 2.99. The van der Waals surface area contributed by atoms with Gasteiger partial charge in [-0.15, -0.1) is 0 Å². The van der Waals surface area contributed by atoms with Crippen molar-refractivity contribution < 1.29 is 0 Å². The molecule has 0 radical (unpaired) electrons. The predicted molar refractivity (Wildman–Crippen MR) is 65.6 cm³/mol. The molecule has 0 aliphatic rings. The molecule has 1 heterocycles. The zero-order chi connectivity index (χ0) is 10.7. The Morgan fingerprint density at radius 3 is 2.87 bits per heavy atom. The van der Waals surface area contributed by atoms with Gasteiger partial charge in [-0.25, -0.2) is 0 Å². The van der Waals surface area contributed by atoms with Gasteiger partial charge in [0.15, 0.2) is 0 Å². The van der Waals surface area contributed by atoms with Gasteiger partial charge in [0, 0.05) is 6.54 Å². The molecule has 1 aromatic carbocycles. The molecule has 0 aliphatic carbocycles. The standard InChI is InChI=1S/C12H15NOS/c1-2-3-6-9-13-10-7-4-5-8-11(10)15-12(13)14/h4-5,7-8H,2-3,6,9H2,1H3. The van der Waals surface area contributed by atoms with Crippen molar-refractivity contribution in [2.45, 2.75) is 32.7 Å². The maximum Gasteiger partial charge on any atom is 0.308 e. The summed E-state index contributed by atoms with van der Waals surface area (Å²) in [6.45, 7) is 3.03. The van der Waals surface area contributed by atoms with E-state index >= 15 is 0 Å². The van der Waals surface area contributed by atoms with E-state index in [1.165, 1.54) is 24.2 Å². The zero-order valence-corrected chi connectivity index (χ0v) is 9.72. The highest BCUT2D eigenvalue weighted by atomic mass is 32.1. The molecule has 0 atom stereocenters. The largest absolute Gasteiger partial charge is 0.308 e. The van der Waals surface area contributed by atoms with Crippen LogP contribution in [0.4, 0.5) is 0 Å². The number of nitrogens with zero attached hydrogens (tertiary/aromatic N) is 1. The SMILES string of the molecule is CCCCCn1c(=O)sc2ccccc21. The van der Waals surface area contributed by atoms with Crippen molar-refractivity contribution in [1.29, 1.82) is 0 Å². The van der Waals surface area contributed by atoms with Crippen LogP contribution >= 0.6 is 11.3 Å². The van der Waals surface area contributed by atoms with E-state index in [2.05, 4.69) is 6.92 Å². The van der Waals surface area contributed by atoms with Crippen LogP contribution in [0.5, 0.6) is 0 Å². The molecule has 80 valence electrons. The second-order valence-corrected chi connectivity index (χ2v) is 4.69. The van der Waals surface area contributed by atoms with Crippen LogP contribution in [0.1, 0.15) is 26.2 Å². The monoisotopic (exact) mass is 221 g/mol. The number of hydrogen-bond acceptors (Lipinski definition) is 2. The summed E-state index contributed by atoms with van der Waals surface area (Å²) in [5, 5.41) is 0. The first-order valence-electron chi connectivity index (χ1n) is 5.41. The molecule has 0 bridgehead atoms. The number of unbranched alkanes of at least 4 members (excludes halogenated alkanes) is 2. The van der Waals surface area contributed by atoms with E-state index in [0.29, 0.717) is 0 Å². The van der Waals surface area contributed by atoms with E-state index in [4.69, 9.17) is 0 Å². The third-order valence-corrected chi connectivity index (χ3v) is 3.52. The first-order valence-corrected chi connectivity index (χ1v) is 6.23. The Morgan fingerprint density at radius 2 is 2.07 bits per heavy atom. The van der Waals surface area contributed by atoms with Crippen molar-refractivity contribution in [2.75, 3.05) is 0 Å². The van der Waals surface area contributed by atoms with Crippen LogP contribution < -0.4 is 4.87 Å². The Kier molecular flexibility index (Phi) is 3.21. The topological polar surface area (TPSA) is 22.0 Å². The summed E-state index contributed by atoms with van der Waals surface area (Å²) in [7, 11) is 0. The lowest BCUT2D eigenvalue weighted by Gasteiger charge is -2.01. The molecule has 0 unspecified atom stereocenters. The van der Waals surface area contributed by atoms with Crippen LogP contribution in [-0.2, 0) is 6.54 Å². The number of rotatable bonds is 4. The molecule has 1 aromatic heterocycles. The first kappa shape index (κ1) is 10.4. The van der Waals surface area contributed by atoms with Gasteiger partial charge in [-0.3, -0.25) is 9.36 Å². The molecular formula is C12H15NOS. The van der Waals surface area contributed by atoms with Crippen molar-refractivity contribution in [3.05, 3.63) is 33.9 Å². The van der Waals surface area contributed by atoms with Gasteiger partial charge in [0.2, 0.25) is 0 Å². The van der Waals surface area contributed by atoms with Crippen LogP contribution in [0.2, 0.25) is 0 Å². The van der Waals surface area contributed by atoms with Crippen LogP contribution in [-0.4, -0.2) is 4.57 Å². The van der Waals surface area contributed by atoms with Crippen molar-refractivity contribution in [3.63, 3.8) is 0 Å². The number of aromatic nitrogens is 1. The van der Waals surface area contributed by atoms with Crippen molar-refractivity contribution in [2.24, 2.45) is 0 Å². The quantitative estimate of drug-likeness (QED) is 0.726. The number of benzene rings is 1. The minimum absolute atomic E-state index is 0.173. The second-order valence-electron chi connectivity index (χ2n) is 3.69. The lowest BCUT2D eigenvalue weighted by atomic mass is 10.2. The van der Waals surface area contributed by atoms with E-state index in [1.54, 1.807) is 0 Å². The number of fused-ring (bicyclic) bond motifs is 1. The van der Waals surface area contributed by atoms with Gasteiger partial charge in [0.1, 0.15) is 0 Å². The summed E-state index contributed by atoms with van der Waals surface area (Å²) in [6.07, 6.45) is 3.48. The summed E-state index contributed by atoms with van der Waals surface area (Å²) >= 11 is 1.34. The molecule has 3 heteroatoms. The molecule has 0 aliphatic heterocycles. The van der Waals surface area contributed by atoms with Crippen molar-refractivity contribution in [1.82, 2.24) is 4.57 Å². The molecule has 15 heavy (non-hydrogen) atoms. The average Bonchev–Trinajstić information content (AvgIpc) is 2.56. The summed E-state index contributed by atoms with van der Waals surface area (Å²) in [6, 6.07) is 8.01. The Morgan fingerprint density at radius 1 is 1.27 bits per heavy atom. The van der Waals surface area contributed by atoms with Gasteiger partial charge in [0.25, 0.3) is 0 Å². The highest BCUT2D eigenvalue weighted by Gasteiger charge is 2.05. The second kappa shape index (κ2) is 4.62. The maximum absolute atomic E-state index is 11.7. The zero-order valence-electron chi connectivity index (χ0n) is 8.90. The van der Waals surface area contributed by atoms with E-state index in [9.17, 15) is 4.79 Å². The Hall–Kier alpha value is -1.09. The fourth-order valence-corrected chi connectivity index (χ4v) is 2.66. The highest BCUT2D eigenvalue weighted by Crippen LogP contribution is 2.16. The normalized spacial score (nSPS) is 11.0. The van der Waals surface area contributed by atoms with E-state index in [1.807, 2.05) is 28.8 Å². The minimum Gasteiger partial charge on any atom is -0.299 e. The van der Waals surface area contributed by atoms with Crippen LogP contribution in [0.3, 0.4) is 0 Å². The smallest absolute Gasteiger partial charge is 0.299 e. The van der Waals surface area contributed by atoms with Crippen molar-refractivity contribution in [3.8, 4) is 0 Å². The predicted octanol–water partition coefficient (Wildman–Crippen LogP) is 3.25. The minimum atomic E-state index is 0.173. The van der Waals surface area contributed by atoms with Gasteiger partial charge < -0.3 is 0 Å². The molecule has 0 N–H and O–H groups in total. The number of hydrogen-bond donors (Lipinski definition) is 0. The van der Waals surface area contributed by atoms with Gasteiger partial charge >= 0.3 is 4.87 Å². The summed E-state index contributed by atoms with van der Waals surface area (Å²) in [5.74, 6) is 0. The van der Waals surface area contributed by atoms with Crippen molar-refractivity contribution >= 4 is 21.6 Å². The summed E-state index contributed by atoms with van der Waals surface area (Å²) in [4.78, 5) is 11.9. The fraction of sp³-hybridized carbons (Fsp3) is 0.417. The average molecular weight is 221 g/mol. The number of aryl methyl sites for hydroxylation is 1. The molecule has 0 spiro atoms. The van der Waals surface area contributed by atoms with E-state index < -0.39 is 0 Å². The highest BCUT2D eigenvalue weighted by molar-refractivity contribution is 7.16. The first-order chi connectivity index (χ1) is 7.33. The fourth-order valence-electron chi connectivity index (χ4n) is 1.75. The van der Waals surface area contributed by atoms with E-state index in [0.717, 1.165) is 23.2 Å².